The molecule has 3 nitrogen and oxygen atoms in total. The highest BCUT2D eigenvalue weighted by Gasteiger charge is 2.37. The van der Waals surface area contributed by atoms with Crippen LogP contribution in [0.3, 0.4) is 0 Å². The molecule has 1 aliphatic rings. The van der Waals surface area contributed by atoms with Gasteiger partial charge < -0.3 is 10.2 Å². The second-order valence-corrected chi connectivity index (χ2v) is 5.32. The largest absolute Gasteiger partial charge is 0.460 e. The normalized spacial score (nSPS) is 18.4. The van der Waals surface area contributed by atoms with Crippen molar-refractivity contribution in [3.63, 3.8) is 0 Å². The highest BCUT2D eigenvalue weighted by molar-refractivity contribution is 7.10. The van der Waals surface area contributed by atoms with Crippen LogP contribution in [0.5, 0.6) is 0 Å². The van der Waals surface area contributed by atoms with Crippen molar-refractivity contribution >= 4 is 11.3 Å². The molecular weight excluding hydrogens is 220 g/mol. The van der Waals surface area contributed by atoms with Gasteiger partial charge in [0, 0.05) is 5.38 Å². The summed E-state index contributed by atoms with van der Waals surface area (Å²) in [6.45, 7) is 1.94. The molecule has 3 rings (SSSR count). The van der Waals surface area contributed by atoms with Gasteiger partial charge in [-0.15, -0.1) is 11.3 Å². The van der Waals surface area contributed by atoms with Crippen LogP contribution >= 0.6 is 11.3 Å². The Morgan fingerprint density at radius 3 is 2.81 bits per heavy atom. The van der Waals surface area contributed by atoms with E-state index in [4.69, 9.17) is 10.2 Å². The summed E-state index contributed by atoms with van der Waals surface area (Å²) in [6.07, 6.45) is 3.32. The van der Waals surface area contributed by atoms with Crippen molar-refractivity contribution in [2.24, 2.45) is 5.73 Å². The molecule has 1 fully saturated rings. The smallest absolute Gasteiger partial charge is 0.153 e. The molecule has 1 saturated carbocycles. The molecule has 1 aliphatic carbocycles. The summed E-state index contributed by atoms with van der Waals surface area (Å²) in [5.74, 6) is 1.75. The highest BCUT2D eigenvalue weighted by atomic mass is 32.1. The third-order valence-electron chi connectivity index (χ3n) is 3.17. The van der Waals surface area contributed by atoms with E-state index in [1.54, 1.807) is 11.3 Å². The molecule has 2 N–H and O–H groups in total. The van der Waals surface area contributed by atoms with Crippen LogP contribution in [0.25, 0.3) is 11.5 Å². The summed E-state index contributed by atoms with van der Waals surface area (Å²) in [4.78, 5) is 4.59. The van der Waals surface area contributed by atoms with Crippen molar-refractivity contribution in [1.29, 1.82) is 0 Å². The van der Waals surface area contributed by atoms with Gasteiger partial charge in [-0.25, -0.2) is 4.98 Å². The SMILES string of the molecule is Cc1ccc(-c2csc(C3(N)CCC3)n2)o1. The van der Waals surface area contributed by atoms with Gasteiger partial charge in [0.15, 0.2) is 5.76 Å². The quantitative estimate of drug-likeness (QED) is 0.868. The molecule has 0 bridgehead atoms. The summed E-state index contributed by atoms with van der Waals surface area (Å²) in [5.41, 5.74) is 6.98. The molecule has 0 aliphatic heterocycles. The first-order valence-corrected chi connectivity index (χ1v) is 6.37. The first-order valence-electron chi connectivity index (χ1n) is 5.49. The summed E-state index contributed by atoms with van der Waals surface area (Å²) in [6, 6.07) is 3.91. The molecule has 84 valence electrons. The molecule has 2 aromatic heterocycles. The van der Waals surface area contributed by atoms with E-state index >= 15 is 0 Å². The monoisotopic (exact) mass is 234 g/mol. The predicted molar refractivity (Wildman–Crippen MR) is 64.3 cm³/mol. The molecular formula is C12H14N2OS. The maximum atomic E-state index is 6.24. The van der Waals surface area contributed by atoms with E-state index in [2.05, 4.69) is 4.98 Å². The zero-order valence-electron chi connectivity index (χ0n) is 9.19. The first kappa shape index (κ1) is 10.1. The Balaban J connectivity index is 1.93. The number of hydrogen-bond donors (Lipinski definition) is 1. The van der Waals surface area contributed by atoms with E-state index in [0.717, 1.165) is 35.1 Å². The maximum Gasteiger partial charge on any atom is 0.153 e. The Labute approximate surface area is 98.3 Å². The number of hydrogen-bond acceptors (Lipinski definition) is 4. The molecule has 0 spiro atoms. The lowest BCUT2D eigenvalue weighted by atomic mass is 9.78. The Morgan fingerprint density at radius 2 is 2.25 bits per heavy atom. The fourth-order valence-corrected chi connectivity index (χ4v) is 2.94. The lowest BCUT2D eigenvalue weighted by Crippen LogP contribution is -2.43. The Hall–Kier alpha value is -1.13. The Bertz CT molecular complexity index is 511. The van der Waals surface area contributed by atoms with Crippen LogP contribution in [0.1, 0.15) is 30.0 Å². The van der Waals surface area contributed by atoms with Crippen molar-refractivity contribution in [2.45, 2.75) is 31.7 Å². The van der Waals surface area contributed by atoms with Crippen molar-refractivity contribution in [1.82, 2.24) is 4.98 Å². The minimum Gasteiger partial charge on any atom is -0.460 e. The molecule has 16 heavy (non-hydrogen) atoms. The van der Waals surface area contributed by atoms with Crippen molar-refractivity contribution in [3.8, 4) is 11.5 Å². The molecule has 0 amide bonds. The molecule has 2 aromatic rings. The van der Waals surface area contributed by atoms with Gasteiger partial charge in [0.1, 0.15) is 16.5 Å². The molecule has 2 heterocycles. The van der Waals surface area contributed by atoms with Gasteiger partial charge >= 0.3 is 0 Å². The minimum atomic E-state index is -0.162. The Morgan fingerprint density at radius 1 is 1.44 bits per heavy atom. The fraction of sp³-hybridized carbons (Fsp3) is 0.417. The minimum absolute atomic E-state index is 0.162. The first-order chi connectivity index (χ1) is 7.67. The lowest BCUT2D eigenvalue weighted by Gasteiger charge is -2.35. The maximum absolute atomic E-state index is 6.24. The van der Waals surface area contributed by atoms with E-state index < -0.39 is 0 Å². The number of aryl methyl sites for hydroxylation is 1. The van der Waals surface area contributed by atoms with E-state index in [0.29, 0.717) is 0 Å². The number of nitrogens with two attached hydrogens (primary N) is 1. The van der Waals surface area contributed by atoms with E-state index in [9.17, 15) is 0 Å². The van der Waals surface area contributed by atoms with Gasteiger partial charge in [0.05, 0.1) is 5.54 Å². The van der Waals surface area contributed by atoms with Crippen LogP contribution in [-0.2, 0) is 5.54 Å². The summed E-state index contributed by atoms with van der Waals surface area (Å²) in [7, 11) is 0. The summed E-state index contributed by atoms with van der Waals surface area (Å²) < 4.78 is 5.55. The molecule has 0 saturated heterocycles. The predicted octanol–water partition coefficient (Wildman–Crippen LogP) is 3.05. The highest BCUT2D eigenvalue weighted by Crippen LogP contribution is 2.41. The van der Waals surface area contributed by atoms with Gasteiger partial charge in [-0.1, -0.05) is 0 Å². The zero-order chi connectivity index (χ0) is 11.2. The van der Waals surface area contributed by atoms with Crippen LogP contribution in [0.15, 0.2) is 21.9 Å². The molecule has 0 atom stereocenters. The average Bonchev–Trinajstić information content (AvgIpc) is 2.82. The molecule has 0 radical (unpaired) electrons. The van der Waals surface area contributed by atoms with E-state index in [1.807, 2.05) is 24.4 Å². The number of rotatable bonds is 2. The van der Waals surface area contributed by atoms with Gasteiger partial charge in [0.2, 0.25) is 0 Å². The third-order valence-corrected chi connectivity index (χ3v) is 4.23. The van der Waals surface area contributed by atoms with Crippen molar-refractivity contribution in [2.75, 3.05) is 0 Å². The third kappa shape index (κ3) is 1.49. The molecule has 0 aromatic carbocycles. The van der Waals surface area contributed by atoms with Gasteiger partial charge in [-0.05, 0) is 38.3 Å². The number of furan rings is 1. The van der Waals surface area contributed by atoms with Crippen molar-refractivity contribution in [3.05, 3.63) is 28.3 Å². The second kappa shape index (κ2) is 3.43. The lowest BCUT2D eigenvalue weighted by molar-refractivity contribution is 0.253. The van der Waals surface area contributed by atoms with Crippen LogP contribution in [0.2, 0.25) is 0 Å². The fourth-order valence-electron chi connectivity index (χ4n) is 1.96. The van der Waals surface area contributed by atoms with Gasteiger partial charge in [0.25, 0.3) is 0 Å². The van der Waals surface area contributed by atoms with Crippen LogP contribution in [0, 0.1) is 6.92 Å². The second-order valence-electron chi connectivity index (χ2n) is 4.46. The van der Waals surface area contributed by atoms with Crippen LogP contribution < -0.4 is 5.73 Å². The number of thiazole rings is 1. The topological polar surface area (TPSA) is 52.0 Å². The van der Waals surface area contributed by atoms with E-state index in [-0.39, 0.29) is 5.54 Å². The average molecular weight is 234 g/mol. The molecule has 0 unspecified atom stereocenters. The Kier molecular flexibility index (Phi) is 2.16. The van der Waals surface area contributed by atoms with Crippen LogP contribution in [0.4, 0.5) is 0 Å². The number of aromatic nitrogens is 1. The summed E-state index contributed by atoms with van der Waals surface area (Å²) in [5, 5.41) is 3.07. The zero-order valence-corrected chi connectivity index (χ0v) is 10.0. The standard InChI is InChI=1S/C12H14N2OS/c1-8-3-4-10(15-8)9-7-16-11(14-9)12(13)5-2-6-12/h3-4,7H,2,5-6,13H2,1H3. The van der Waals surface area contributed by atoms with Crippen LogP contribution in [-0.4, -0.2) is 4.98 Å². The van der Waals surface area contributed by atoms with E-state index in [1.165, 1.54) is 6.42 Å². The summed E-state index contributed by atoms with van der Waals surface area (Å²) >= 11 is 1.64. The van der Waals surface area contributed by atoms with Crippen molar-refractivity contribution < 1.29 is 4.42 Å². The van der Waals surface area contributed by atoms with Gasteiger partial charge in [-0.2, -0.15) is 0 Å². The number of nitrogens with zero attached hydrogens (tertiary/aromatic N) is 1. The van der Waals surface area contributed by atoms with Gasteiger partial charge in [-0.3, -0.25) is 0 Å². The molecule has 4 heteroatoms.